The Bertz CT molecular complexity index is 1510. The van der Waals surface area contributed by atoms with Gasteiger partial charge in [-0.25, -0.2) is 19.4 Å². The van der Waals surface area contributed by atoms with Crippen molar-refractivity contribution in [2.75, 3.05) is 61.5 Å². The van der Waals surface area contributed by atoms with E-state index in [4.69, 9.17) is 14.7 Å². The Labute approximate surface area is 240 Å². The molecule has 4 aromatic rings. The maximum Gasteiger partial charge on any atom is 0.401 e. The van der Waals surface area contributed by atoms with Crippen molar-refractivity contribution in [3.63, 3.8) is 0 Å². The number of amides is 2. The molecule has 220 valence electrons. The van der Waals surface area contributed by atoms with E-state index in [0.29, 0.717) is 75.1 Å². The van der Waals surface area contributed by atoms with Crippen molar-refractivity contribution in [2.45, 2.75) is 25.1 Å². The number of para-hydroxylation sites is 1. The minimum Gasteiger partial charge on any atom is -0.378 e. The minimum atomic E-state index is -4.21. The lowest BCUT2D eigenvalue weighted by atomic mass is 10.1. The number of benzene rings is 2. The second-order valence-electron chi connectivity index (χ2n) is 10.4. The second-order valence-corrected chi connectivity index (χ2v) is 10.4. The molecule has 42 heavy (non-hydrogen) atoms. The second kappa shape index (κ2) is 11.9. The van der Waals surface area contributed by atoms with E-state index in [-0.39, 0.29) is 12.1 Å². The van der Waals surface area contributed by atoms with E-state index in [1.807, 2.05) is 35.0 Å². The Balaban J connectivity index is 1.26. The number of urea groups is 1. The zero-order chi connectivity index (χ0) is 29.1. The van der Waals surface area contributed by atoms with Crippen molar-refractivity contribution in [2.24, 2.45) is 0 Å². The number of alkyl halides is 3. The summed E-state index contributed by atoms with van der Waals surface area (Å²) in [5.41, 5.74) is 2.71. The number of carbonyl (C=O) groups excluding carboxylic acids is 1. The fourth-order valence-corrected chi connectivity index (χ4v) is 5.42. The third-order valence-electron chi connectivity index (χ3n) is 7.48. The number of aromatic nitrogens is 4. The maximum absolute atomic E-state index is 12.9. The van der Waals surface area contributed by atoms with Crippen molar-refractivity contribution in [1.29, 1.82) is 0 Å². The van der Waals surface area contributed by atoms with Crippen LogP contribution in [0.15, 0.2) is 60.8 Å². The lowest BCUT2D eigenvalue weighted by molar-refractivity contribution is -0.148. The third kappa shape index (κ3) is 6.47. The van der Waals surface area contributed by atoms with Crippen LogP contribution in [0.25, 0.3) is 22.4 Å². The summed E-state index contributed by atoms with van der Waals surface area (Å²) in [6, 6.07) is 16.0. The molecule has 0 atom stereocenters. The molecule has 10 nitrogen and oxygen atoms in total. The molecule has 0 saturated carbocycles. The molecule has 13 heteroatoms. The smallest absolute Gasteiger partial charge is 0.378 e. The Kier molecular flexibility index (Phi) is 7.94. The largest absolute Gasteiger partial charge is 0.401 e. The van der Waals surface area contributed by atoms with Gasteiger partial charge in [0.05, 0.1) is 37.4 Å². The van der Waals surface area contributed by atoms with Crippen molar-refractivity contribution in [3.05, 3.63) is 60.8 Å². The summed E-state index contributed by atoms with van der Waals surface area (Å²) in [4.78, 5) is 25.8. The van der Waals surface area contributed by atoms with Crippen LogP contribution in [0.1, 0.15) is 18.9 Å². The molecule has 2 fully saturated rings. The van der Waals surface area contributed by atoms with Crippen LogP contribution < -0.4 is 15.5 Å². The summed E-state index contributed by atoms with van der Waals surface area (Å²) in [6.45, 7) is 2.29. The zero-order valence-corrected chi connectivity index (χ0v) is 22.8. The van der Waals surface area contributed by atoms with Gasteiger partial charge in [0.25, 0.3) is 0 Å². The van der Waals surface area contributed by atoms with E-state index in [0.717, 1.165) is 16.8 Å². The number of fused-ring (bicyclic) bond motifs is 1. The maximum atomic E-state index is 12.9. The standard InChI is InChI=1S/C29H31F3N8O2/c30-29(31,32)19-38-12-10-23(11-13-38)40-27-24(18-33-40)26(39-14-16-42-17-15-39)36-25(37-27)20-6-8-22(9-7-20)35-28(41)34-21-4-2-1-3-5-21/h1-9,18,23H,10-17,19H2,(H2,34,35,41). The summed E-state index contributed by atoms with van der Waals surface area (Å²) in [5, 5.41) is 11.1. The van der Waals surface area contributed by atoms with Crippen LogP contribution in [0.5, 0.6) is 0 Å². The molecule has 2 aliphatic heterocycles. The Morgan fingerprint density at radius 3 is 2.24 bits per heavy atom. The summed E-state index contributed by atoms with van der Waals surface area (Å²) in [5.74, 6) is 1.25. The zero-order valence-electron chi connectivity index (χ0n) is 22.8. The van der Waals surface area contributed by atoms with E-state index in [9.17, 15) is 18.0 Å². The van der Waals surface area contributed by atoms with Gasteiger partial charge in [0.15, 0.2) is 11.5 Å². The molecule has 2 aliphatic rings. The van der Waals surface area contributed by atoms with E-state index in [2.05, 4.69) is 20.6 Å². The number of morpholine rings is 1. The summed E-state index contributed by atoms with van der Waals surface area (Å²) in [7, 11) is 0. The summed E-state index contributed by atoms with van der Waals surface area (Å²) in [6.07, 6.45) is -1.36. The quantitative estimate of drug-likeness (QED) is 0.325. The highest BCUT2D eigenvalue weighted by molar-refractivity contribution is 5.99. The van der Waals surface area contributed by atoms with Crippen LogP contribution in [-0.2, 0) is 4.74 Å². The van der Waals surface area contributed by atoms with E-state index in [1.54, 1.807) is 30.5 Å². The molecular weight excluding hydrogens is 549 g/mol. The van der Waals surface area contributed by atoms with Gasteiger partial charge in [0.2, 0.25) is 0 Å². The van der Waals surface area contributed by atoms with Gasteiger partial charge in [-0.15, -0.1) is 0 Å². The van der Waals surface area contributed by atoms with Crippen LogP contribution in [0.3, 0.4) is 0 Å². The highest BCUT2D eigenvalue weighted by atomic mass is 19.4. The molecule has 0 radical (unpaired) electrons. The van der Waals surface area contributed by atoms with Crippen molar-refractivity contribution < 1.29 is 22.7 Å². The van der Waals surface area contributed by atoms with Crippen molar-refractivity contribution in [1.82, 2.24) is 24.6 Å². The number of ether oxygens (including phenoxy) is 1. The molecule has 0 aliphatic carbocycles. The molecule has 2 aromatic carbocycles. The topological polar surface area (TPSA) is 100 Å². The predicted molar refractivity (Wildman–Crippen MR) is 154 cm³/mol. The van der Waals surface area contributed by atoms with E-state index >= 15 is 0 Å². The van der Waals surface area contributed by atoms with Crippen LogP contribution in [0.2, 0.25) is 0 Å². The normalized spacial score (nSPS) is 17.0. The van der Waals surface area contributed by atoms with Gasteiger partial charge in [0, 0.05) is 43.1 Å². The van der Waals surface area contributed by atoms with Crippen LogP contribution in [0.4, 0.5) is 35.2 Å². The van der Waals surface area contributed by atoms with E-state index in [1.165, 1.54) is 4.90 Å². The number of hydrogen-bond acceptors (Lipinski definition) is 7. The van der Waals surface area contributed by atoms with Crippen LogP contribution in [0, 0.1) is 0 Å². The highest BCUT2D eigenvalue weighted by Crippen LogP contribution is 2.33. The number of anilines is 3. The molecule has 2 aromatic heterocycles. The van der Waals surface area contributed by atoms with Gasteiger partial charge in [0.1, 0.15) is 5.82 Å². The van der Waals surface area contributed by atoms with Crippen molar-refractivity contribution in [3.8, 4) is 11.4 Å². The number of piperidine rings is 1. The number of rotatable bonds is 6. The van der Waals surface area contributed by atoms with Crippen LogP contribution >= 0.6 is 0 Å². The number of likely N-dealkylation sites (tertiary alicyclic amines) is 1. The number of hydrogen-bond donors (Lipinski definition) is 2. The lowest BCUT2D eigenvalue weighted by Crippen LogP contribution is -2.40. The molecule has 2 amide bonds. The van der Waals surface area contributed by atoms with Crippen LogP contribution in [-0.4, -0.2) is 82.8 Å². The first-order valence-corrected chi connectivity index (χ1v) is 13.9. The van der Waals surface area contributed by atoms with E-state index < -0.39 is 12.7 Å². The number of nitrogens with zero attached hydrogens (tertiary/aromatic N) is 6. The highest BCUT2D eigenvalue weighted by Gasteiger charge is 2.33. The minimum absolute atomic E-state index is 0.0676. The van der Waals surface area contributed by atoms with Gasteiger partial charge >= 0.3 is 12.2 Å². The first kappa shape index (κ1) is 27.9. The first-order chi connectivity index (χ1) is 20.3. The average Bonchev–Trinajstić information content (AvgIpc) is 3.42. The molecular formula is C29H31F3N8O2. The fraction of sp³-hybridized carbons (Fsp3) is 0.379. The molecule has 2 saturated heterocycles. The Hall–Kier alpha value is -4.23. The van der Waals surface area contributed by atoms with Gasteiger partial charge in [-0.1, -0.05) is 18.2 Å². The Morgan fingerprint density at radius 1 is 0.905 bits per heavy atom. The fourth-order valence-electron chi connectivity index (χ4n) is 5.42. The van der Waals surface area contributed by atoms with Gasteiger partial charge in [-0.05, 0) is 49.2 Å². The SMILES string of the molecule is O=C(Nc1ccccc1)Nc1ccc(-c2nc(N3CCOCC3)c3cnn(C4CCN(CC(F)(F)F)CC4)c3n2)cc1. The molecule has 4 heterocycles. The third-order valence-corrected chi connectivity index (χ3v) is 7.48. The molecule has 0 spiro atoms. The first-order valence-electron chi connectivity index (χ1n) is 13.9. The number of nitrogens with one attached hydrogen (secondary N) is 2. The lowest BCUT2D eigenvalue weighted by Gasteiger charge is -2.32. The number of carbonyl (C=O) groups is 1. The van der Waals surface area contributed by atoms with Gasteiger partial charge in [-0.2, -0.15) is 18.3 Å². The van der Waals surface area contributed by atoms with Crippen molar-refractivity contribution >= 4 is 34.3 Å². The number of halogens is 3. The molecule has 2 N–H and O–H groups in total. The average molecular weight is 581 g/mol. The molecule has 0 bridgehead atoms. The van der Waals surface area contributed by atoms with Gasteiger partial charge < -0.3 is 20.3 Å². The summed E-state index contributed by atoms with van der Waals surface area (Å²) < 4.78 is 46.1. The molecule has 6 rings (SSSR count). The molecule has 0 unspecified atom stereocenters. The van der Waals surface area contributed by atoms with Gasteiger partial charge in [-0.3, -0.25) is 4.90 Å². The Morgan fingerprint density at radius 2 is 1.57 bits per heavy atom. The monoisotopic (exact) mass is 580 g/mol. The predicted octanol–water partition coefficient (Wildman–Crippen LogP) is 5.17. The summed E-state index contributed by atoms with van der Waals surface area (Å²) >= 11 is 0.